The SMILES string of the molecule is C[C@H]1CCCC[C@@H]1NC(=O)c1cccc(S(C)(=O)=O)c1. The summed E-state index contributed by atoms with van der Waals surface area (Å²) in [6.07, 6.45) is 5.63. The van der Waals surface area contributed by atoms with Crippen LogP contribution in [0.15, 0.2) is 29.2 Å². The molecule has 1 saturated carbocycles. The zero-order chi connectivity index (χ0) is 14.8. The maximum absolute atomic E-state index is 12.2. The second kappa shape index (κ2) is 5.95. The van der Waals surface area contributed by atoms with Gasteiger partial charge in [-0.25, -0.2) is 8.42 Å². The molecule has 1 aliphatic carbocycles. The van der Waals surface area contributed by atoms with Crippen molar-refractivity contribution >= 4 is 15.7 Å². The van der Waals surface area contributed by atoms with Gasteiger partial charge in [-0.1, -0.05) is 25.8 Å². The van der Waals surface area contributed by atoms with Crippen LogP contribution >= 0.6 is 0 Å². The summed E-state index contributed by atoms with van der Waals surface area (Å²) in [7, 11) is -3.28. The molecule has 0 saturated heterocycles. The molecule has 1 aliphatic rings. The molecule has 2 atom stereocenters. The smallest absolute Gasteiger partial charge is 0.251 e. The van der Waals surface area contributed by atoms with E-state index in [9.17, 15) is 13.2 Å². The Morgan fingerprint density at radius 2 is 1.95 bits per heavy atom. The van der Waals surface area contributed by atoms with Gasteiger partial charge in [0, 0.05) is 17.9 Å². The van der Waals surface area contributed by atoms with Crippen molar-refractivity contribution in [3.63, 3.8) is 0 Å². The molecule has 0 aromatic heterocycles. The van der Waals surface area contributed by atoms with Crippen LogP contribution in [-0.4, -0.2) is 26.6 Å². The third kappa shape index (κ3) is 3.60. The fraction of sp³-hybridized carbons (Fsp3) is 0.533. The molecular formula is C15H21NO3S. The highest BCUT2D eigenvalue weighted by atomic mass is 32.2. The minimum absolute atomic E-state index is 0.182. The molecule has 20 heavy (non-hydrogen) atoms. The minimum atomic E-state index is -3.28. The number of carbonyl (C=O) groups excluding carboxylic acids is 1. The molecule has 1 aromatic carbocycles. The highest BCUT2D eigenvalue weighted by Crippen LogP contribution is 2.24. The molecule has 5 heteroatoms. The topological polar surface area (TPSA) is 63.2 Å². The molecule has 0 unspecified atom stereocenters. The lowest BCUT2D eigenvalue weighted by Crippen LogP contribution is -2.41. The number of sulfone groups is 1. The van der Waals surface area contributed by atoms with Crippen LogP contribution in [0, 0.1) is 5.92 Å². The first-order valence-corrected chi connectivity index (χ1v) is 8.88. The van der Waals surface area contributed by atoms with Gasteiger partial charge in [-0.05, 0) is 37.0 Å². The van der Waals surface area contributed by atoms with E-state index in [0.717, 1.165) is 25.5 Å². The van der Waals surface area contributed by atoms with Crippen LogP contribution in [0.4, 0.5) is 0 Å². The van der Waals surface area contributed by atoms with Crippen molar-refractivity contribution in [2.45, 2.75) is 43.5 Å². The van der Waals surface area contributed by atoms with Gasteiger partial charge in [-0.15, -0.1) is 0 Å². The van der Waals surface area contributed by atoms with Crippen LogP contribution in [-0.2, 0) is 9.84 Å². The Kier molecular flexibility index (Phi) is 4.48. The highest BCUT2D eigenvalue weighted by molar-refractivity contribution is 7.90. The lowest BCUT2D eigenvalue weighted by Gasteiger charge is -2.29. The third-order valence-corrected chi connectivity index (χ3v) is 5.06. The van der Waals surface area contributed by atoms with Gasteiger partial charge in [0.15, 0.2) is 9.84 Å². The maximum Gasteiger partial charge on any atom is 0.251 e. The summed E-state index contributed by atoms with van der Waals surface area (Å²) in [5, 5.41) is 3.03. The van der Waals surface area contributed by atoms with Crippen LogP contribution in [0.3, 0.4) is 0 Å². The van der Waals surface area contributed by atoms with Crippen molar-refractivity contribution in [3.8, 4) is 0 Å². The Balaban J connectivity index is 2.13. The van der Waals surface area contributed by atoms with E-state index in [1.165, 1.54) is 18.6 Å². The summed E-state index contributed by atoms with van der Waals surface area (Å²) in [6, 6.07) is 6.40. The van der Waals surface area contributed by atoms with E-state index in [-0.39, 0.29) is 16.8 Å². The summed E-state index contributed by atoms with van der Waals surface area (Å²) < 4.78 is 23.0. The number of rotatable bonds is 3. The van der Waals surface area contributed by atoms with Crippen LogP contribution in [0.25, 0.3) is 0 Å². The van der Waals surface area contributed by atoms with Crippen LogP contribution in [0.2, 0.25) is 0 Å². The van der Waals surface area contributed by atoms with E-state index in [1.54, 1.807) is 12.1 Å². The summed E-state index contributed by atoms with van der Waals surface area (Å²) in [5.41, 5.74) is 0.408. The minimum Gasteiger partial charge on any atom is -0.349 e. The number of carbonyl (C=O) groups is 1. The van der Waals surface area contributed by atoms with E-state index >= 15 is 0 Å². The van der Waals surface area contributed by atoms with E-state index < -0.39 is 9.84 Å². The number of benzene rings is 1. The first-order chi connectivity index (χ1) is 9.38. The summed E-state index contributed by atoms with van der Waals surface area (Å²) in [5.74, 6) is 0.292. The summed E-state index contributed by atoms with van der Waals surface area (Å²) in [6.45, 7) is 2.15. The Morgan fingerprint density at radius 1 is 1.25 bits per heavy atom. The number of nitrogens with one attached hydrogen (secondary N) is 1. The van der Waals surface area contributed by atoms with E-state index in [1.807, 2.05) is 0 Å². The zero-order valence-electron chi connectivity index (χ0n) is 11.9. The summed E-state index contributed by atoms with van der Waals surface area (Å²) in [4.78, 5) is 12.4. The lowest BCUT2D eigenvalue weighted by molar-refractivity contribution is 0.0910. The van der Waals surface area contributed by atoms with Gasteiger partial charge < -0.3 is 5.32 Å². The molecule has 0 bridgehead atoms. The second-order valence-corrected chi connectivity index (χ2v) is 7.66. The highest BCUT2D eigenvalue weighted by Gasteiger charge is 2.23. The fourth-order valence-corrected chi connectivity index (χ4v) is 3.32. The molecule has 1 N–H and O–H groups in total. The van der Waals surface area contributed by atoms with Crippen molar-refractivity contribution in [2.75, 3.05) is 6.26 Å². The molecule has 2 rings (SSSR count). The molecular weight excluding hydrogens is 274 g/mol. The standard InChI is InChI=1S/C15H21NO3S/c1-11-6-3-4-9-14(11)16-15(17)12-7-5-8-13(10-12)20(2,18)19/h5,7-8,10-11,14H,3-4,6,9H2,1-2H3,(H,16,17)/t11-,14-/m0/s1. The Hall–Kier alpha value is -1.36. The number of amides is 1. The van der Waals surface area contributed by atoms with Crippen molar-refractivity contribution < 1.29 is 13.2 Å². The van der Waals surface area contributed by atoms with Gasteiger partial charge in [0.2, 0.25) is 0 Å². The number of hydrogen-bond acceptors (Lipinski definition) is 3. The molecule has 1 amide bonds. The molecule has 4 nitrogen and oxygen atoms in total. The molecule has 1 fully saturated rings. The van der Waals surface area contributed by atoms with Crippen molar-refractivity contribution in [1.29, 1.82) is 0 Å². The van der Waals surface area contributed by atoms with Crippen LogP contribution < -0.4 is 5.32 Å². The Morgan fingerprint density at radius 3 is 2.60 bits per heavy atom. The van der Waals surface area contributed by atoms with Crippen molar-refractivity contribution in [2.24, 2.45) is 5.92 Å². The molecule has 0 radical (unpaired) electrons. The monoisotopic (exact) mass is 295 g/mol. The average molecular weight is 295 g/mol. The molecule has 0 aliphatic heterocycles. The van der Waals surface area contributed by atoms with Gasteiger partial charge in [0.1, 0.15) is 0 Å². The lowest BCUT2D eigenvalue weighted by atomic mass is 9.86. The molecule has 0 heterocycles. The van der Waals surface area contributed by atoms with Gasteiger partial charge in [-0.3, -0.25) is 4.79 Å². The van der Waals surface area contributed by atoms with E-state index in [4.69, 9.17) is 0 Å². The predicted octanol–water partition coefficient (Wildman–Crippen LogP) is 2.40. The molecule has 110 valence electrons. The maximum atomic E-state index is 12.2. The first-order valence-electron chi connectivity index (χ1n) is 6.99. The fourth-order valence-electron chi connectivity index (χ4n) is 2.65. The van der Waals surface area contributed by atoms with E-state index in [2.05, 4.69) is 12.2 Å². The van der Waals surface area contributed by atoms with Gasteiger partial charge in [0.05, 0.1) is 4.90 Å². The quantitative estimate of drug-likeness (QED) is 0.931. The average Bonchev–Trinajstić information content (AvgIpc) is 2.40. The summed E-state index contributed by atoms with van der Waals surface area (Å²) >= 11 is 0. The Labute approximate surface area is 120 Å². The zero-order valence-corrected chi connectivity index (χ0v) is 12.7. The Bertz CT molecular complexity index is 595. The van der Waals surface area contributed by atoms with Crippen LogP contribution in [0.1, 0.15) is 43.0 Å². The van der Waals surface area contributed by atoms with Gasteiger partial charge in [0.25, 0.3) is 5.91 Å². The third-order valence-electron chi connectivity index (χ3n) is 3.95. The van der Waals surface area contributed by atoms with Gasteiger partial charge >= 0.3 is 0 Å². The molecule has 0 spiro atoms. The van der Waals surface area contributed by atoms with E-state index in [0.29, 0.717) is 11.5 Å². The first kappa shape index (κ1) is 15.0. The van der Waals surface area contributed by atoms with Gasteiger partial charge in [-0.2, -0.15) is 0 Å². The number of hydrogen-bond donors (Lipinski definition) is 1. The largest absolute Gasteiger partial charge is 0.349 e. The van der Waals surface area contributed by atoms with Crippen molar-refractivity contribution in [3.05, 3.63) is 29.8 Å². The van der Waals surface area contributed by atoms with Crippen LogP contribution in [0.5, 0.6) is 0 Å². The molecule has 1 aromatic rings. The van der Waals surface area contributed by atoms with Crippen molar-refractivity contribution in [1.82, 2.24) is 5.32 Å². The second-order valence-electron chi connectivity index (χ2n) is 5.64. The normalized spacial score (nSPS) is 23.3. The predicted molar refractivity (Wildman–Crippen MR) is 78.4 cm³/mol.